The summed E-state index contributed by atoms with van der Waals surface area (Å²) >= 11 is 6.01. The van der Waals surface area contributed by atoms with Crippen LogP contribution in [0.25, 0.3) is 16.6 Å². The maximum Gasteiger partial charge on any atom is 0.312 e. The lowest BCUT2D eigenvalue weighted by molar-refractivity contribution is 0.0424. The van der Waals surface area contributed by atoms with Gasteiger partial charge >= 0.3 is 6.03 Å². The third kappa shape index (κ3) is 3.67. The highest BCUT2D eigenvalue weighted by Crippen LogP contribution is 2.29. The number of morpholine rings is 1. The highest BCUT2D eigenvalue weighted by Gasteiger charge is 2.25. The number of pyridine rings is 1. The van der Waals surface area contributed by atoms with Crippen molar-refractivity contribution < 1.29 is 9.53 Å². The molecule has 3 heterocycles. The molecule has 1 aliphatic rings. The number of amides is 2. The average molecular weight is 387 g/mol. The molecule has 3 aromatic rings. The standard InChI is InChI=1S/C18H19ClN6O2/c19-12-1-3-13(4-2-12)25-16-10-21-6-5-15(16)17(23-25)24-7-8-27-14(11-24)9-22-18(20)26/h1-6,10,14H,7-9,11H2,(H3,20,22,26). The van der Waals surface area contributed by atoms with Gasteiger partial charge in [0.05, 0.1) is 30.1 Å². The molecule has 0 spiro atoms. The Morgan fingerprint density at radius 2 is 2.15 bits per heavy atom. The number of carbonyl (C=O) groups is 1. The molecule has 0 aliphatic carbocycles. The number of primary amides is 1. The van der Waals surface area contributed by atoms with Gasteiger partial charge in [-0.05, 0) is 30.3 Å². The molecule has 0 bridgehead atoms. The van der Waals surface area contributed by atoms with Crippen molar-refractivity contribution in [1.29, 1.82) is 0 Å². The van der Waals surface area contributed by atoms with E-state index in [0.717, 1.165) is 22.4 Å². The van der Waals surface area contributed by atoms with E-state index in [-0.39, 0.29) is 6.10 Å². The number of nitrogens with one attached hydrogen (secondary N) is 1. The third-order valence-corrected chi connectivity index (χ3v) is 4.73. The van der Waals surface area contributed by atoms with Crippen LogP contribution in [-0.4, -0.2) is 53.1 Å². The van der Waals surface area contributed by atoms with Crippen molar-refractivity contribution in [2.75, 3.05) is 31.1 Å². The summed E-state index contributed by atoms with van der Waals surface area (Å²) in [4.78, 5) is 17.4. The summed E-state index contributed by atoms with van der Waals surface area (Å²) in [5, 5.41) is 9.11. The van der Waals surface area contributed by atoms with E-state index in [2.05, 4.69) is 15.2 Å². The molecule has 1 unspecified atom stereocenters. The number of ether oxygens (including phenoxy) is 1. The van der Waals surface area contributed by atoms with E-state index in [0.29, 0.717) is 31.3 Å². The van der Waals surface area contributed by atoms with Crippen molar-refractivity contribution in [3.8, 4) is 5.69 Å². The number of carbonyl (C=O) groups excluding carboxylic acids is 1. The van der Waals surface area contributed by atoms with Gasteiger partial charge in [0.15, 0.2) is 5.82 Å². The van der Waals surface area contributed by atoms with Crippen molar-refractivity contribution in [3.05, 3.63) is 47.7 Å². The van der Waals surface area contributed by atoms with E-state index in [9.17, 15) is 4.79 Å². The Kier molecular flexibility index (Phi) is 4.83. The first-order chi connectivity index (χ1) is 13.1. The monoisotopic (exact) mass is 386 g/mol. The summed E-state index contributed by atoms with van der Waals surface area (Å²) in [5.74, 6) is 0.856. The van der Waals surface area contributed by atoms with Crippen LogP contribution in [0.4, 0.5) is 10.6 Å². The Balaban J connectivity index is 1.67. The lowest BCUT2D eigenvalue weighted by atomic mass is 10.2. The van der Waals surface area contributed by atoms with Crippen molar-refractivity contribution in [2.24, 2.45) is 5.73 Å². The van der Waals surface area contributed by atoms with Gasteiger partial charge in [-0.15, -0.1) is 5.10 Å². The molecule has 27 heavy (non-hydrogen) atoms. The van der Waals surface area contributed by atoms with Gasteiger partial charge < -0.3 is 20.7 Å². The minimum absolute atomic E-state index is 0.149. The predicted octanol–water partition coefficient (Wildman–Crippen LogP) is 1.95. The molecule has 2 aromatic heterocycles. The summed E-state index contributed by atoms with van der Waals surface area (Å²) < 4.78 is 7.58. The number of fused-ring (bicyclic) bond motifs is 1. The Morgan fingerprint density at radius 1 is 1.33 bits per heavy atom. The van der Waals surface area contributed by atoms with Gasteiger partial charge in [-0.2, -0.15) is 0 Å². The van der Waals surface area contributed by atoms with Crippen LogP contribution in [-0.2, 0) is 4.74 Å². The molecule has 0 saturated carbocycles. The molecule has 1 saturated heterocycles. The lowest BCUT2D eigenvalue weighted by Crippen LogP contribution is -2.48. The zero-order valence-electron chi connectivity index (χ0n) is 14.5. The maximum atomic E-state index is 11.0. The number of nitrogens with zero attached hydrogens (tertiary/aromatic N) is 4. The van der Waals surface area contributed by atoms with Crippen LogP contribution >= 0.6 is 11.6 Å². The number of urea groups is 1. The zero-order valence-corrected chi connectivity index (χ0v) is 15.3. The Hall–Kier alpha value is -2.84. The number of hydrogen-bond acceptors (Lipinski definition) is 5. The first-order valence-electron chi connectivity index (χ1n) is 8.60. The Morgan fingerprint density at radius 3 is 2.93 bits per heavy atom. The number of nitrogens with two attached hydrogens (primary N) is 1. The van der Waals surface area contributed by atoms with Crippen molar-refractivity contribution in [2.45, 2.75) is 6.10 Å². The zero-order chi connectivity index (χ0) is 18.8. The lowest BCUT2D eigenvalue weighted by Gasteiger charge is -2.33. The van der Waals surface area contributed by atoms with Gasteiger partial charge in [0.1, 0.15) is 0 Å². The minimum atomic E-state index is -0.556. The maximum absolute atomic E-state index is 11.0. The molecule has 1 aromatic carbocycles. The van der Waals surface area contributed by atoms with Gasteiger partial charge in [0.25, 0.3) is 0 Å². The Labute approximate surface area is 160 Å². The minimum Gasteiger partial charge on any atom is -0.373 e. The number of benzene rings is 1. The van der Waals surface area contributed by atoms with E-state index in [1.807, 2.05) is 35.0 Å². The first-order valence-corrected chi connectivity index (χ1v) is 8.98. The number of rotatable bonds is 4. The largest absolute Gasteiger partial charge is 0.373 e. The smallest absolute Gasteiger partial charge is 0.312 e. The molecule has 1 aliphatic heterocycles. The number of hydrogen-bond donors (Lipinski definition) is 2. The van der Waals surface area contributed by atoms with Gasteiger partial charge in [-0.3, -0.25) is 4.98 Å². The summed E-state index contributed by atoms with van der Waals surface area (Å²) in [6.45, 7) is 2.23. The second-order valence-electron chi connectivity index (χ2n) is 6.29. The fourth-order valence-corrected chi connectivity index (χ4v) is 3.33. The van der Waals surface area contributed by atoms with Crippen LogP contribution in [0.3, 0.4) is 0 Å². The van der Waals surface area contributed by atoms with Gasteiger partial charge in [-0.1, -0.05) is 11.6 Å². The summed E-state index contributed by atoms with van der Waals surface area (Å²) in [6.07, 6.45) is 3.41. The number of anilines is 1. The van der Waals surface area contributed by atoms with E-state index in [1.54, 1.807) is 12.4 Å². The van der Waals surface area contributed by atoms with E-state index in [4.69, 9.17) is 27.2 Å². The van der Waals surface area contributed by atoms with Crippen molar-refractivity contribution >= 4 is 34.4 Å². The second kappa shape index (κ2) is 7.42. The fourth-order valence-electron chi connectivity index (χ4n) is 3.21. The first kappa shape index (κ1) is 17.6. The second-order valence-corrected chi connectivity index (χ2v) is 6.73. The highest BCUT2D eigenvalue weighted by molar-refractivity contribution is 6.30. The number of halogens is 1. The van der Waals surface area contributed by atoms with Crippen LogP contribution in [0.1, 0.15) is 0 Å². The molecule has 140 valence electrons. The highest BCUT2D eigenvalue weighted by atomic mass is 35.5. The fraction of sp³-hybridized carbons (Fsp3) is 0.278. The summed E-state index contributed by atoms with van der Waals surface area (Å²) in [7, 11) is 0. The molecule has 1 fully saturated rings. The predicted molar refractivity (Wildman–Crippen MR) is 103 cm³/mol. The molecule has 9 heteroatoms. The van der Waals surface area contributed by atoms with Crippen molar-refractivity contribution in [3.63, 3.8) is 0 Å². The molecule has 4 rings (SSSR count). The summed E-state index contributed by atoms with van der Waals surface area (Å²) in [5.41, 5.74) is 6.97. The van der Waals surface area contributed by atoms with E-state index < -0.39 is 6.03 Å². The Bertz CT molecular complexity index is 958. The van der Waals surface area contributed by atoms with E-state index in [1.165, 1.54) is 0 Å². The van der Waals surface area contributed by atoms with E-state index >= 15 is 0 Å². The van der Waals surface area contributed by atoms with Crippen LogP contribution in [0.5, 0.6) is 0 Å². The third-order valence-electron chi connectivity index (χ3n) is 4.48. The molecule has 0 radical (unpaired) electrons. The average Bonchev–Trinajstić information content (AvgIpc) is 3.07. The number of aromatic nitrogens is 3. The molecule has 2 amide bonds. The molecule has 1 atom stereocenters. The topological polar surface area (TPSA) is 98.3 Å². The van der Waals surface area contributed by atoms with Crippen LogP contribution in [0.2, 0.25) is 5.02 Å². The molecule has 8 nitrogen and oxygen atoms in total. The van der Waals surface area contributed by atoms with Crippen LogP contribution in [0.15, 0.2) is 42.7 Å². The van der Waals surface area contributed by atoms with Gasteiger partial charge in [0.2, 0.25) is 0 Å². The summed E-state index contributed by atoms with van der Waals surface area (Å²) in [6, 6.07) is 8.91. The van der Waals surface area contributed by atoms with Gasteiger partial charge in [-0.25, -0.2) is 9.48 Å². The SMILES string of the molecule is NC(=O)NCC1CN(c2nn(-c3ccc(Cl)cc3)c3cnccc23)CCO1. The quantitative estimate of drug-likeness (QED) is 0.714. The van der Waals surface area contributed by atoms with Crippen LogP contribution in [0, 0.1) is 0 Å². The molecule has 3 N–H and O–H groups in total. The molecular weight excluding hydrogens is 368 g/mol. The normalized spacial score (nSPS) is 17.2. The molecular formula is C18H19ClN6O2. The van der Waals surface area contributed by atoms with Gasteiger partial charge in [0, 0.05) is 36.2 Å². The van der Waals surface area contributed by atoms with Crippen LogP contribution < -0.4 is 16.0 Å². The van der Waals surface area contributed by atoms with Crippen molar-refractivity contribution in [1.82, 2.24) is 20.1 Å².